The summed E-state index contributed by atoms with van der Waals surface area (Å²) in [7, 11) is 0. The molecule has 0 fully saturated rings. The molecule has 2 rings (SSSR count). The highest BCUT2D eigenvalue weighted by Crippen LogP contribution is 2.29. The van der Waals surface area contributed by atoms with E-state index in [2.05, 4.69) is 5.16 Å². The maximum absolute atomic E-state index is 13.3. The highest BCUT2D eigenvalue weighted by atomic mass is 19.1. The molecule has 2 aromatic rings. The maximum atomic E-state index is 13.3. The summed E-state index contributed by atoms with van der Waals surface area (Å²) in [6, 6.07) is 8.62. The highest BCUT2D eigenvalue weighted by molar-refractivity contribution is 6.01. The Morgan fingerprint density at radius 3 is 2.16 bits per heavy atom. The molecule has 0 saturated heterocycles. The molecule has 0 saturated carbocycles. The van der Waals surface area contributed by atoms with Gasteiger partial charge >= 0.3 is 0 Å². The Labute approximate surface area is 109 Å². The van der Waals surface area contributed by atoms with Crippen LogP contribution in [-0.2, 0) is 0 Å². The number of hydrogen-bond donors (Lipinski definition) is 3. The highest BCUT2D eigenvalue weighted by Gasteiger charge is 2.09. The predicted octanol–water partition coefficient (Wildman–Crippen LogP) is 3.10. The summed E-state index contributed by atoms with van der Waals surface area (Å²) in [6.07, 6.45) is 0. The number of phenols is 2. The molecule has 0 atom stereocenters. The second-order valence-corrected chi connectivity index (χ2v) is 4.08. The molecule has 0 unspecified atom stereocenters. The van der Waals surface area contributed by atoms with Gasteiger partial charge in [-0.15, -0.1) is 0 Å². The lowest BCUT2D eigenvalue weighted by Gasteiger charge is -2.07. The summed E-state index contributed by atoms with van der Waals surface area (Å²) in [5.41, 5.74) is 1.78. The molecule has 2 aromatic carbocycles. The number of rotatable bonds is 2. The summed E-state index contributed by atoms with van der Waals surface area (Å²) in [4.78, 5) is 0. The number of phenolic OH excluding ortho intramolecular Hbond substituents is 2. The zero-order valence-electron chi connectivity index (χ0n) is 10.1. The summed E-state index contributed by atoms with van der Waals surface area (Å²) in [6.45, 7) is 1.54. The zero-order valence-corrected chi connectivity index (χ0v) is 10.1. The van der Waals surface area contributed by atoms with Gasteiger partial charge in [0, 0.05) is 5.56 Å². The van der Waals surface area contributed by atoms with E-state index in [0.717, 1.165) is 0 Å². The van der Waals surface area contributed by atoms with E-state index in [1.807, 2.05) is 0 Å². The van der Waals surface area contributed by atoms with Crippen LogP contribution in [0.1, 0.15) is 12.5 Å². The Hall–Kier alpha value is -2.56. The van der Waals surface area contributed by atoms with Gasteiger partial charge in [-0.1, -0.05) is 17.3 Å². The molecule has 0 amide bonds. The van der Waals surface area contributed by atoms with Crippen molar-refractivity contribution < 1.29 is 19.8 Å². The molecule has 0 aliphatic carbocycles. The van der Waals surface area contributed by atoms with Crippen LogP contribution in [0.2, 0.25) is 0 Å². The Kier molecular flexibility index (Phi) is 3.37. The van der Waals surface area contributed by atoms with Crippen molar-refractivity contribution in [2.45, 2.75) is 6.92 Å². The quantitative estimate of drug-likeness (QED) is 0.442. The molecule has 98 valence electrons. The van der Waals surface area contributed by atoms with Crippen LogP contribution in [-0.4, -0.2) is 21.1 Å². The first-order valence-electron chi connectivity index (χ1n) is 5.54. The number of oxime groups is 1. The fourth-order valence-electron chi connectivity index (χ4n) is 1.75. The Morgan fingerprint density at radius 1 is 1.00 bits per heavy atom. The minimum atomic E-state index is -0.723. The molecule has 0 aliphatic heterocycles. The zero-order chi connectivity index (χ0) is 14.0. The second-order valence-electron chi connectivity index (χ2n) is 4.08. The Morgan fingerprint density at radius 2 is 1.58 bits per heavy atom. The monoisotopic (exact) mass is 261 g/mol. The Bertz CT molecular complexity index is 653. The summed E-state index contributed by atoms with van der Waals surface area (Å²) >= 11 is 0. The second kappa shape index (κ2) is 4.97. The maximum Gasteiger partial charge on any atom is 0.165 e. The topological polar surface area (TPSA) is 73.1 Å². The lowest BCUT2D eigenvalue weighted by atomic mass is 10.0. The fourth-order valence-corrected chi connectivity index (χ4v) is 1.75. The molecule has 0 aromatic heterocycles. The first-order chi connectivity index (χ1) is 9.02. The van der Waals surface area contributed by atoms with Crippen molar-refractivity contribution in [3.63, 3.8) is 0 Å². The van der Waals surface area contributed by atoms with Crippen LogP contribution in [0.5, 0.6) is 11.5 Å². The van der Waals surface area contributed by atoms with Gasteiger partial charge in [0.15, 0.2) is 11.6 Å². The van der Waals surface area contributed by atoms with Crippen molar-refractivity contribution in [2.24, 2.45) is 5.16 Å². The number of benzene rings is 2. The van der Waals surface area contributed by atoms with Gasteiger partial charge < -0.3 is 15.4 Å². The number of nitrogens with zero attached hydrogens (tertiary/aromatic N) is 1. The lowest BCUT2D eigenvalue weighted by Crippen LogP contribution is -1.95. The van der Waals surface area contributed by atoms with Crippen molar-refractivity contribution in [1.29, 1.82) is 0 Å². The van der Waals surface area contributed by atoms with Gasteiger partial charge in [0.05, 0.1) is 5.71 Å². The van der Waals surface area contributed by atoms with E-state index >= 15 is 0 Å². The normalized spacial score (nSPS) is 11.6. The van der Waals surface area contributed by atoms with Crippen molar-refractivity contribution >= 4 is 5.71 Å². The standard InChI is InChI=1S/C14H12FNO3/c1-8(16-19)11-6-9(2-4-13(11)17)10-3-5-14(18)12(15)7-10/h2-7,17-19H,1H3. The molecule has 0 spiro atoms. The molecule has 19 heavy (non-hydrogen) atoms. The Balaban J connectivity index is 2.54. The number of halogens is 1. The molecule has 5 heteroatoms. The lowest BCUT2D eigenvalue weighted by molar-refractivity contribution is 0.318. The minimum Gasteiger partial charge on any atom is -0.507 e. The molecule has 4 nitrogen and oxygen atoms in total. The van der Waals surface area contributed by atoms with Gasteiger partial charge in [0.2, 0.25) is 0 Å². The molecular weight excluding hydrogens is 249 g/mol. The fraction of sp³-hybridized carbons (Fsp3) is 0.0714. The average molecular weight is 261 g/mol. The molecule has 3 N–H and O–H groups in total. The van der Waals surface area contributed by atoms with E-state index < -0.39 is 11.6 Å². The van der Waals surface area contributed by atoms with Gasteiger partial charge in [0.25, 0.3) is 0 Å². The van der Waals surface area contributed by atoms with E-state index in [1.165, 1.54) is 25.1 Å². The molecule has 0 aliphatic rings. The molecule has 0 radical (unpaired) electrons. The van der Waals surface area contributed by atoms with Crippen LogP contribution < -0.4 is 0 Å². The first-order valence-corrected chi connectivity index (χ1v) is 5.54. The van der Waals surface area contributed by atoms with Gasteiger partial charge in [-0.25, -0.2) is 4.39 Å². The summed E-state index contributed by atoms with van der Waals surface area (Å²) in [5, 5.41) is 30.6. The van der Waals surface area contributed by atoms with Crippen molar-refractivity contribution in [1.82, 2.24) is 0 Å². The van der Waals surface area contributed by atoms with Gasteiger partial charge in [-0.2, -0.15) is 0 Å². The number of aromatic hydroxyl groups is 2. The van der Waals surface area contributed by atoms with Crippen molar-refractivity contribution in [3.05, 3.63) is 47.8 Å². The summed E-state index contributed by atoms with van der Waals surface area (Å²) < 4.78 is 13.3. The van der Waals surface area contributed by atoms with Crippen molar-refractivity contribution in [2.75, 3.05) is 0 Å². The van der Waals surface area contributed by atoms with Crippen LogP contribution in [0.4, 0.5) is 4.39 Å². The largest absolute Gasteiger partial charge is 0.507 e. The van der Waals surface area contributed by atoms with E-state index in [0.29, 0.717) is 16.7 Å². The third kappa shape index (κ3) is 2.49. The van der Waals surface area contributed by atoms with Crippen LogP contribution in [0.3, 0.4) is 0 Å². The average Bonchev–Trinajstić information content (AvgIpc) is 2.41. The van der Waals surface area contributed by atoms with Crippen molar-refractivity contribution in [3.8, 4) is 22.6 Å². The molecule has 0 bridgehead atoms. The van der Waals surface area contributed by atoms with E-state index in [-0.39, 0.29) is 11.5 Å². The van der Waals surface area contributed by atoms with Gasteiger partial charge in [0.1, 0.15) is 5.75 Å². The van der Waals surface area contributed by atoms with Crippen LogP contribution >= 0.6 is 0 Å². The van der Waals surface area contributed by atoms with E-state index in [9.17, 15) is 9.50 Å². The predicted molar refractivity (Wildman–Crippen MR) is 69.2 cm³/mol. The molecule has 0 heterocycles. The van der Waals surface area contributed by atoms with Crippen LogP contribution in [0.15, 0.2) is 41.6 Å². The minimum absolute atomic E-state index is 0.0294. The SMILES string of the molecule is CC(=NO)c1cc(-c2ccc(O)c(F)c2)ccc1O. The van der Waals surface area contributed by atoms with E-state index in [4.69, 9.17) is 10.3 Å². The third-order valence-corrected chi connectivity index (χ3v) is 2.82. The van der Waals surface area contributed by atoms with Crippen LogP contribution in [0.25, 0.3) is 11.1 Å². The molecular formula is C14H12FNO3. The van der Waals surface area contributed by atoms with E-state index in [1.54, 1.807) is 18.2 Å². The van der Waals surface area contributed by atoms with Crippen LogP contribution in [0, 0.1) is 5.82 Å². The first kappa shape index (κ1) is 12.9. The third-order valence-electron chi connectivity index (χ3n) is 2.82. The number of hydrogen-bond acceptors (Lipinski definition) is 4. The van der Waals surface area contributed by atoms with Gasteiger partial charge in [-0.05, 0) is 42.3 Å². The smallest absolute Gasteiger partial charge is 0.165 e. The van der Waals surface area contributed by atoms with Gasteiger partial charge in [-0.3, -0.25) is 0 Å². The summed E-state index contributed by atoms with van der Waals surface area (Å²) in [5.74, 6) is -1.17.